The lowest BCUT2D eigenvalue weighted by atomic mass is 10.3. The maximum absolute atomic E-state index is 5.64. The maximum atomic E-state index is 5.64. The van der Waals surface area contributed by atoms with E-state index in [1.807, 2.05) is 6.92 Å². The van der Waals surface area contributed by atoms with Crippen LogP contribution in [-0.2, 0) is 0 Å². The Morgan fingerprint density at radius 1 is 1.23 bits per heavy atom. The van der Waals surface area contributed by atoms with Crippen molar-refractivity contribution in [2.24, 2.45) is 0 Å². The number of anilines is 1. The van der Waals surface area contributed by atoms with E-state index in [2.05, 4.69) is 19.9 Å². The minimum atomic E-state index is 0.114. The Labute approximate surface area is 79.0 Å². The quantitative estimate of drug-likeness (QED) is 0.634. The highest BCUT2D eigenvalue weighted by molar-refractivity contribution is 6.28. The summed E-state index contributed by atoms with van der Waals surface area (Å²) in [5, 5.41) is 0.114. The Morgan fingerprint density at radius 2 is 2.00 bits per heavy atom. The minimum Gasteiger partial charge on any atom is -0.382 e. The van der Waals surface area contributed by atoms with Crippen LogP contribution in [0.5, 0.6) is 0 Å². The van der Waals surface area contributed by atoms with E-state index in [0.29, 0.717) is 11.0 Å². The number of aromatic nitrogens is 4. The molecule has 2 rings (SSSR count). The summed E-state index contributed by atoms with van der Waals surface area (Å²) in [7, 11) is 0. The number of hydrogen-bond acceptors (Lipinski definition) is 5. The van der Waals surface area contributed by atoms with Crippen LogP contribution in [0.15, 0.2) is 6.33 Å². The molecule has 0 radical (unpaired) electrons. The molecule has 5 nitrogen and oxygen atoms in total. The lowest BCUT2D eigenvalue weighted by molar-refractivity contribution is 1.10. The molecule has 0 aliphatic heterocycles. The van der Waals surface area contributed by atoms with E-state index in [9.17, 15) is 0 Å². The van der Waals surface area contributed by atoms with Gasteiger partial charge in [0, 0.05) is 0 Å². The fourth-order valence-corrected chi connectivity index (χ4v) is 1.23. The number of nitrogens with two attached hydrogens (primary N) is 1. The topological polar surface area (TPSA) is 77.6 Å². The van der Waals surface area contributed by atoms with E-state index < -0.39 is 0 Å². The molecule has 0 saturated carbocycles. The van der Waals surface area contributed by atoms with Crippen molar-refractivity contribution in [1.29, 1.82) is 0 Å². The first-order chi connectivity index (χ1) is 6.18. The fourth-order valence-electron chi connectivity index (χ4n) is 1.06. The first-order valence-electron chi connectivity index (χ1n) is 3.59. The van der Waals surface area contributed by atoms with E-state index in [-0.39, 0.29) is 11.1 Å². The first kappa shape index (κ1) is 8.12. The van der Waals surface area contributed by atoms with Gasteiger partial charge in [-0.05, 0) is 18.5 Å². The highest BCUT2D eigenvalue weighted by Crippen LogP contribution is 2.18. The molecule has 0 fully saturated rings. The molecule has 2 N–H and O–H groups in total. The molecule has 0 unspecified atom stereocenters. The predicted octanol–water partition coefficient (Wildman–Crippen LogP) is 0.964. The Morgan fingerprint density at radius 3 is 2.77 bits per heavy atom. The summed E-state index contributed by atoms with van der Waals surface area (Å²) in [6.07, 6.45) is 1.42. The van der Waals surface area contributed by atoms with Crippen molar-refractivity contribution in [2.75, 3.05) is 5.73 Å². The molecule has 0 aliphatic carbocycles. The number of hydrogen-bond donors (Lipinski definition) is 1. The third-order valence-corrected chi connectivity index (χ3v) is 1.83. The van der Waals surface area contributed by atoms with E-state index in [1.165, 1.54) is 6.33 Å². The summed E-state index contributed by atoms with van der Waals surface area (Å²) in [6.45, 7) is 1.81. The van der Waals surface area contributed by atoms with Crippen LogP contribution in [0.25, 0.3) is 11.0 Å². The molecule has 0 bridgehead atoms. The normalized spacial score (nSPS) is 10.6. The lowest BCUT2D eigenvalue weighted by Gasteiger charge is -2.01. The number of fused-ring (bicyclic) bond motifs is 1. The largest absolute Gasteiger partial charge is 0.382 e. The Kier molecular flexibility index (Phi) is 1.73. The Bertz CT molecular complexity index is 470. The van der Waals surface area contributed by atoms with Crippen LogP contribution in [0.2, 0.25) is 5.28 Å². The molecule has 0 spiro atoms. The average Bonchev–Trinajstić information content (AvgIpc) is 2.07. The van der Waals surface area contributed by atoms with E-state index >= 15 is 0 Å². The molecule has 2 aromatic rings. The Hall–Kier alpha value is -1.49. The molecular weight excluding hydrogens is 190 g/mol. The number of aryl methyl sites for hydroxylation is 1. The van der Waals surface area contributed by atoms with Crippen LogP contribution in [-0.4, -0.2) is 19.9 Å². The van der Waals surface area contributed by atoms with Gasteiger partial charge in [-0.25, -0.2) is 15.0 Å². The lowest BCUT2D eigenvalue weighted by Crippen LogP contribution is -1.99. The van der Waals surface area contributed by atoms with Gasteiger partial charge in [-0.1, -0.05) is 0 Å². The van der Waals surface area contributed by atoms with Crippen molar-refractivity contribution in [3.63, 3.8) is 0 Å². The molecule has 0 aromatic carbocycles. The van der Waals surface area contributed by atoms with Crippen LogP contribution in [0, 0.1) is 6.92 Å². The van der Waals surface area contributed by atoms with Gasteiger partial charge in [-0.15, -0.1) is 0 Å². The first-order valence-corrected chi connectivity index (χ1v) is 3.96. The summed E-state index contributed by atoms with van der Waals surface area (Å²) >= 11 is 5.64. The maximum Gasteiger partial charge on any atom is 0.225 e. The van der Waals surface area contributed by atoms with Gasteiger partial charge in [0.05, 0.1) is 5.69 Å². The molecule has 2 heterocycles. The van der Waals surface area contributed by atoms with Gasteiger partial charge in [0.2, 0.25) is 5.28 Å². The van der Waals surface area contributed by atoms with Crippen molar-refractivity contribution in [1.82, 2.24) is 19.9 Å². The van der Waals surface area contributed by atoms with E-state index in [4.69, 9.17) is 17.3 Å². The van der Waals surface area contributed by atoms with Crippen molar-refractivity contribution in [3.05, 3.63) is 17.3 Å². The smallest absolute Gasteiger partial charge is 0.225 e. The third kappa shape index (κ3) is 1.27. The number of nitrogens with zero attached hydrogens (tertiary/aromatic N) is 4. The molecule has 0 saturated heterocycles. The molecule has 13 heavy (non-hydrogen) atoms. The highest BCUT2D eigenvalue weighted by atomic mass is 35.5. The summed E-state index contributed by atoms with van der Waals surface area (Å²) in [5.41, 5.74) is 7.47. The Balaban J connectivity index is 2.94. The van der Waals surface area contributed by atoms with Gasteiger partial charge in [0.1, 0.15) is 17.4 Å². The molecule has 0 atom stereocenters. The standard InChI is InChI=1S/C7H6ClN5/c1-3-4-5(11-2-10-3)6(9)13-7(8)12-4/h2H,1H3,(H2,9,12,13). The predicted molar refractivity (Wildman–Crippen MR) is 49.3 cm³/mol. The molecular formula is C7H6ClN5. The monoisotopic (exact) mass is 195 g/mol. The molecule has 6 heteroatoms. The van der Waals surface area contributed by atoms with E-state index in [0.717, 1.165) is 5.69 Å². The van der Waals surface area contributed by atoms with Crippen molar-refractivity contribution >= 4 is 28.5 Å². The average molecular weight is 196 g/mol. The third-order valence-electron chi connectivity index (χ3n) is 1.66. The SMILES string of the molecule is Cc1ncnc2c(N)nc(Cl)nc12. The van der Waals surface area contributed by atoms with Crippen LogP contribution < -0.4 is 5.73 Å². The second kappa shape index (κ2) is 2.77. The van der Waals surface area contributed by atoms with Crippen LogP contribution in [0.1, 0.15) is 5.69 Å². The minimum absolute atomic E-state index is 0.114. The zero-order chi connectivity index (χ0) is 9.42. The highest BCUT2D eigenvalue weighted by Gasteiger charge is 2.06. The van der Waals surface area contributed by atoms with Gasteiger partial charge in [0.25, 0.3) is 0 Å². The van der Waals surface area contributed by atoms with Gasteiger partial charge in [-0.2, -0.15) is 4.98 Å². The second-order valence-corrected chi connectivity index (χ2v) is 2.87. The number of rotatable bonds is 0. The van der Waals surface area contributed by atoms with Crippen molar-refractivity contribution < 1.29 is 0 Å². The molecule has 0 aliphatic rings. The number of halogens is 1. The zero-order valence-corrected chi connectivity index (χ0v) is 7.58. The second-order valence-electron chi connectivity index (χ2n) is 2.53. The zero-order valence-electron chi connectivity index (χ0n) is 6.82. The van der Waals surface area contributed by atoms with Crippen LogP contribution in [0.3, 0.4) is 0 Å². The van der Waals surface area contributed by atoms with Crippen molar-refractivity contribution in [3.8, 4) is 0 Å². The van der Waals surface area contributed by atoms with Gasteiger partial charge < -0.3 is 5.73 Å². The van der Waals surface area contributed by atoms with E-state index in [1.54, 1.807) is 0 Å². The summed E-state index contributed by atoms with van der Waals surface area (Å²) < 4.78 is 0. The molecule has 2 aromatic heterocycles. The van der Waals surface area contributed by atoms with Crippen molar-refractivity contribution in [2.45, 2.75) is 6.92 Å². The van der Waals surface area contributed by atoms with Gasteiger partial charge >= 0.3 is 0 Å². The van der Waals surface area contributed by atoms with Gasteiger partial charge in [-0.3, -0.25) is 0 Å². The van der Waals surface area contributed by atoms with Gasteiger partial charge in [0.15, 0.2) is 5.82 Å². The molecule has 0 amide bonds. The summed E-state index contributed by atoms with van der Waals surface area (Å²) in [5.74, 6) is 0.278. The van der Waals surface area contributed by atoms with Crippen LogP contribution >= 0.6 is 11.6 Å². The summed E-state index contributed by atoms with van der Waals surface area (Å²) in [6, 6.07) is 0. The molecule has 66 valence electrons. The van der Waals surface area contributed by atoms with Crippen LogP contribution in [0.4, 0.5) is 5.82 Å². The number of nitrogen functional groups attached to an aromatic ring is 1. The summed E-state index contributed by atoms with van der Waals surface area (Å²) in [4.78, 5) is 15.7. The fraction of sp³-hybridized carbons (Fsp3) is 0.143.